The third kappa shape index (κ3) is 5.31. The summed E-state index contributed by atoms with van der Waals surface area (Å²) in [5, 5.41) is 13.4. The van der Waals surface area contributed by atoms with Crippen LogP contribution in [0.1, 0.15) is 11.1 Å². The van der Waals surface area contributed by atoms with Crippen molar-refractivity contribution in [3.63, 3.8) is 0 Å². The first kappa shape index (κ1) is 23.7. The zero-order valence-electron chi connectivity index (χ0n) is 20.1. The van der Waals surface area contributed by atoms with Crippen LogP contribution in [0.5, 0.6) is 23.0 Å². The maximum absolute atomic E-state index is 12.8. The number of methoxy groups -OCH3 is 1. The van der Waals surface area contributed by atoms with E-state index in [2.05, 4.69) is 10.3 Å². The Balaban J connectivity index is 1.35. The molecular weight excluding hydrogens is 470 g/mol. The molecule has 1 aliphatic rings. The third-order valence-electron chi connectivity index (χ3n) is 5.76. The van der Waals surface area contributed by atoms with Gasteiger partial charge in [0.25, 0.3) is 5.91 Å². The van der Waals surface area contributed by atoms with Crippen molar-refractivity contribution in [2.45, 2.75) is 6.61 Å². The second-order valence-electron chi connectivity index (χ2n) is 8.17. The maximum atomic E-state index is 12.8. The Kier molecular flexibility index (Phi) is 6.86. The first-order valence-corrected chi connectivity index (χ1v) is 11.6. The third-order valence-corrected chi connectivity index (χ3v) is 5.76. The molecule has 37 heavy (non-hydrogen) atoms. The predicted octanol–water partition coefficient (Wildman–Crippen LogP) is 5.14. The quantitative estimate of drug-likeness (QED) is 0.281. The summed E-state index contributed by atoms with van der Waals surface area (Å²) in [6, 6.07) is 22.1. The smallest absolute Gasteiger partial charge is 0.266 e. The van der Waals surface area contributed by atoms with Crippen molar-refractivity contribution in [1.29, 1.82) is 5.26 Å². The molecule has 184 valence electrons. The molecule has 0 spiro atoms. The molecule has 0 unspecified atom stereocenters. The molecule has 1 N–H and O–H groups in total. The van der Waals surface area contributed by atoms with E-state index in [9.17, 15) is 10.1 Å². The molecule has 0 aliphatic carbocycles. The zero-order chi connectivity index (χ0) is 25.6. The molecule has 8 nitrogen and oxygen atoms in total. The Morgan fingerprint density at radius 2 is 1.89 bits per heavy atom. The molecule has 0 bridgehead atoms. The monoisotopic (exact) mass is 493 g/mol. The SMILES string of the molecule is COc1ccc(/C=C(\C#N)C(=O)Nc2ccc3c(c2)OCCO3)cc1COc1cccc2cccnc12. The second kappa shape index (κ2) is 10.7. The predicted molar refractivity (Wildman–Crippen MR) is 139 cm³/mol. The molecule has 3 aromatic carbocycles. The number of benzene rings is 3. The van der Waals surface area contributed by atoms with Crippen LogP contribution in [0, 0.1) is 11.3 Å². The van der Waals surface area contributed by atoms with Crippen LogP contribution < -0.4 is 24.3 Å². The number of fused-ring (bicyclic) bond motifs is 2. The van der Waals surface area contributed by atoms with Crippen LogP contribution in [0.3, 0.4) is 0 Å². The minimum Gasteiger partial charge on any atom is -0.496 e. The molecule has 2 heterocycles. The number of para-hydroxylation sites is 1. The van der Waals surface area contributed by atoms with Gasteiger partial charge < -0.3 is 24.3 Å². The molecule has 4 aromatic rings. The number of nitrogens with one attached hydrogen (secondary N) is 1. The minimum atomic E-state index is -0.533. The number of nitrogens with zero attached hydrogens (tertiary/aromatic N) is 2. The van der Waals surface area contributed by atoms with Crippen LogP contribution in [0.15, 0.2) is 78.5 Å². The van der Waals surface area contributed by atoms with Gasteiger partial charge in [-0.1, -0.05) is 24.3 Å². The normalized spacial score (nSPS) is 12.5. The Morgan fingerprint density at radius 1 is 1.05 bits per heavy atom. The number of amides is 1. The van der Waals surface area contributed by atoms with Gasteiger partial charge in [0, 0.05) is 28.9 Å². The van der Waals surface area contributed by atoms with Crippen molar-refractivity contribution in [1.82, 2.24) is 4.98 Å². The van der Waals surface area contributed by atoms with Gasteiger partial charge in [0.2, 0.25) is 0 Å². The number of rotatable bonds is 7. The highest BCUT2D eigenvalue weighted by Crippen LogP contribution is 2.33. The molecule has 8 heteroatoms. The van der Waals surface area contributed by atoms with Crippen molar-refractivity contribution in [2.24, 2.45) is 0 Å². The van der Waals surface area contributed by atoms with Crippen LogP contribution in [-0.2, 0) is 11.4 Å². The number of carbonyl (C=O) groups excluding carboxylic acids is 1. The van der Waals surface area contributed by atoms with Crippen molar-refractivity contribution < 1.29 is 23.7 Å². The van der Waals surface area contributed by atoms with E-state index in [1.54, 1.807) is 43.6 Å². The van der Waals surface area contributed by atoms with Gasteiger partial charge in [-0.3, -0.25) is 9.78 Å². The van der Waals surface area contributed by atoms with E-state index in [-0.39, 0.29) is 12.2 Å². The Hall–Kier alpha value is -5.03. The molecular formula is C29H23N3O5. The van der Waals surface area contributed by atoms with E-state index < -0.39 is 5.91 Å². The fourth-order valence-electron chi connectivity index (χ4n) is 3.98. The summed E-state index contributed by atoms with van der Waals surface area (Å²) in [4.78, 5) is 17.2. The number of nitriles is 1. The van der Waals surface area contributed by atoms with Gasteiger partial charge >= 0.3 is 0 Å². The lowest BCUT2D eigenvalue weighted by atomic mass is 10.1. The Labute approximate surface area is 213 Å². The van der Waals surface area contributed by atoms with Gasteiger partial charge in [-0.25, -0.2) is 0 Å². The summed E-state index contributed by atoms with van der Waals surface area (Å²) < 4.78 is 22.6. The number of anilines is 1. The summed E-state index contributed by atoms with van der Waals surface area (Å²) in [6.07, 6.45) is 3.25. The number of aromatic nitrogens is 1. The van der Waals surface area contributed by atoms with E-state index in [0.29, 0.717) is 47.5 Å². The highest BCUT2D eigenvalue weighted by Gasteiger charge is 2.15. The zero-order valence-corrected chi connectivity index (χ0v) is 20.1. The first-order chi connectivity index (χ1) is 18.1. The van der Waals surface area contributed by atoms with Gasteiger partial charge in [0.1, 0.15) is 48.5 Å². The number of pyridine rings is 1. The molecule has 1 amide bonds. The van der Waals surface area contributed by atoms with Crippen molar-refractivity contribution >= 4 is 28.6 Å². The van der Waals surface area contributed by atoms with Crippen molar-refractivity contribution in [3.8, 4) is 29.1 Å². The van der Waals surface area contributed by atoms with Crippen LogP contribution >= 0.6 is 0 Å². The second-order valence-corrected chi connectivity index (χ2v) is 8.17. The average molecular weight is 494 g/mol. The van der Waals surface area contributed by atoms with Gasteiger partial charge in [-0.15, -0.1) is 0 Å². The van der Waals surface area contributed by atoms with Crippen LogP contribution in [0.25, 0.3) is 17.0 Å². The molecule has 0 saturated heterocycles. The molecule has 5 rings (SSSR count). The lowest BCUT2D eigenvalue weighted by Crippen LogP contribution is -2.17. The summed E-state index contributed by atoms with van der Waals surface area (Å²) in [7, 11) is 1.58. The van der Waals surface area contributed by atoms with Gasteiger partial charge in [0.15, 0.2) is 11.5 Å². The molecule has 0 radical (unpaired) electrons. The van der Waals surface area contributed by atoms with Crippen LogP contribution in [0.4, 0.5) is 5.69 Å². The van der Waals surface area contributed by atoms with E-state index in [4.69, 9.17) is 18.9 Å². The van der Waals surface area contributed by atoms with Gasteiger partial charge in [-0.05, 0) is 48.0 Å². The number of ether oxygens (including phenoxy) is 4. The van der Waals surface area contributed by atoms with Gasteiger partial charge in [0.05, 0.1) is 7.11 Å². The molecule has 0 saturated carbocycles. The molecule has 0 fully saturated rings. The Bertz CT molecular complexity index is 1540. The van der Waals surface area contributed by atoms with E-state index in [0.717, 1.165) is 16.5 Å². The lowest BCUT2D eigenvalue weighted by molar-refractivity contribution is -0.112. The number of hydrogen-bond acceptors (Lipinski definition) is 7. The number of hydrogen-bond donors (Lipinski definition) is 1. The largest absolute Gasteiger partial charge is 0.496 e. The van der Waals surface area contributed by atoms with Crippen LogP contribution in [0.2, 0.25) is 0 Å². The van der Waals surface area contributed by atoms with Gasteiger partial charge in [-0.2, -0.15) is 5.26 Å². The summed E-state index contributed by atoms with van der Waals surface area (Å²) in [5.41, 5.74) is 2.63. The first-order valence-electron chi connectivity index (χ1n) is 11.6. The van der Waals surface area contributed by atoms with E-state index >= 15 is 0 Å². The fraction of sp³-hybridized carbons (Fsp3) is 0.138. The lowest BCUT2D eigenvalue weighted by Gasteiger charge is -2.18. The highest BCUT2D eigenvalue weighted by atomic mass is 16.6. The summed E-state index contributed by atoms with van der Waals surface area (Å²) >= 11 is 0. The molecule has 1 aromatic heterocycles. The summed E-state index contributed by atoms with van der Waals surface area (Å²) in [5.74, 6) is 1.91. The Morgan fingerprint density at radius 3 is 2.73 bits per heavy atom. The average Bonchev–Trinajstić information content (AvgIpc) is 2.94. The van der Waals surface area contributed by atoms with Crippen molar-refractivity contribution in [2.75, 3.05) is 25.6 Å². The van der Waals surface area contributed by atoms with Crippen LogP contribution in [-0.4, -0.2) is 31.2 Å². The molecule has 0 atom stereocenters. The number of carbonyl (C=O) groups is 1. The minimum absolute atomic E-state index is 0.0508. The van der Waals surface area contributed by atoms with Crippen molar-refractivity contribution in [3.05, 3.63) is 89.6 Å². The van der Waals surface area contributed by atoms with E-state index in [1.807, 2.05) is 42.5 Å². The fourth-order valence-corrected chi connectivity index (χ4v) is 3.98. The maximum Gasteiger partial charge on any atom is 0.266 e. The van der Waals surface area contributed by atoms with E-state index in [1.165, 1.54) is 6.08 Å². The highest BCUT2D eigenvalue weighted by molar-refractivity contribution is 6.09. The molecule has 1 aliphatic heterocycles. The standard InChI is InChI=1S/C29H23N3O5/c1-34-24-9-7-19(15-22(24)18-37-26-6-2-4-20-5-3-11-31-28(20)26)14-21(17-30)29(33)32-23-8-10-25-27(16-23)36-13-12-35-25/h2-11,14-16H,12-13,18H2,1H3,(H,32,33)/b21-14+. The topological polar surface area (TPSA) is 103 Å². The summed E-state index contributed by atoms with van der Waals surface area (Å²) in [6.45, 7) is 1.13.